The van der Waals surface area contributed by atoms with Crippen LogP contribution in [0.3, 0.4) is 0 Å². The van der Waals surface area contributed by atoms with Crippen molar-refractivity contribution in [3.05, 3.63) is 53.2 Å². The van der Waals surface area contributed by atoms with Gasteiger partial charge in [0.15, 0.2) is 0 Å². The van der Waals surface area contributed by atoms with Crippen molar-refractivity contribution in [1.82, 2.24) is 5.32 Å². The van der Waals surface area contributed by atoms with Crippen molar-refractivity contribution in [2.24, 2.45) is 0 Å². The van der Waals surface area contributed by atoms with Crippen LogP contribution in [0.15, 0.2) is 47.7 Å². The molecule has 0 saturated carbocycles. The molecule has 5 nitrogen and oxygen atoms in total. The second kappa shape index (κ2) is 10.3. The van der Waals surface area contributed by atoms with E-state index in [-0.39, 0.29) is 18.0 Å². The third kappa shape index (κ3) is 6.34. The van der Waals surface area contributed by atoms with Crippen molar-refractivity contribution in [3.63, 3.8) is 0 Å². The Labute approximate surface area is 147 Å². The number of thiocarbonyl (C=S) groups is 1. The van der Waals surface area contributed by atoms with Crippen LogP contribution in [-0.2, 0) is 19.1 Å². The summed E-state index contributed by atoms with van der Waals surface area (Å²) in [6.45, 7) is 3.74. The summed E-state index contributed by atoms with van der Waals surface area (Å²) in [5.41, 5.74) is 1.67. The van der Waals surface area contributed by atoms with Crippen molar-refractivity contribution in [3.8, 4) is 0 Å². The van der Waals surface area contributed by atoms with Gasteiger partial charge in [0.1, 0.15) is 0 Å². The fourth-order valence-electron chi connectivity index (χ4n) is 1.93. The Hall–Kier alpha value is -2.47. The summed E-state index contributed by atoms with van der Waals surface area (Å²) in [7, 11) is 1.31. The molecule has 0 bridgehead atoms. The van der Waals surface area contributed by atoms with Crippen LogP contribution in [0.4, 0.5) is 0 Å². The van der Waals surface area contributed by atoms with Gasteiger partial charge in [-0.05, 0) is 25.5 Å². The Balaban J connectivity index is 3.06. The molecule has 6 heteroatoms. The fraction of sp³-hybridized carbons (Fsp3) is 0.278. The number of allylic oxidation sites excluding steroid dienone is 1. The molecule has 0 aliphatic heterocycles. The molecule has 1 aromatic rings. The van der Waals surface area contributed by atoms with E-state index in [0.29, 0.717) is 11.3 Å². The number of benzene rings is 1. The minimum atomic E-state index is -0.494. The van der Waals surface area contributed by atoms with Gasteiger partial charge in [0.2, 0.25) is 0 Å². The Morgan fingerprint density at radius 2 is 1.92 bits per heavy atom. The third-order valence-corrected chi connectivity index (χ3v) is 3.23. The van der Waals surface area contributed by atoms with Gasteiger partial charge in [0.25, 0.3) is 0 Å². The summed E-state index contributed by atoms with van der Waals surface area (Å²) in [6.07, 6.45) is 3.33. The Morgan fingerprint density at radius 1 is 1.25 bits per heavy atom. The van der Waals surface area contributed by atoms with Gasteiger partial charge in [-0.3, -0.25) is 4.79 Å². The second-order valence-electron chi connectivity index (χ2n) is 4.69. The molecule has 0 aliphatic carbocycles. The van der Waals surface area contributed by atoms with E-state index >= 15 is 0 Å². The standard InChI is InChI=1S/C18H21NO4S/c1-4-14(18(21)22-3)15(11-13-9-7-6-8-10-13)19-16(24)12-17(20)23-5-2/h4,6-11H,5,12H2,1-3H3,(H,19,24)/b14-4+,15-11-. The van der Waals surface area contributed by atoms with Gasteiger partial charge in [-0.2, -0.15) is 0 Å². The highest BCUT2D eigenvalue weighted by Gasteiger charge is 2.17. The van der Waals surface area contributed by atoms with E-state index in [1.54, 1.807) is 26.0 Å². The SMILES string of the molecule is C/C=C(C(=O)OC)\C(=C\c1ccccc1)NC(=S)CC(=O)OCC. The molecule has 24 heavy (non-hydrogen) atoms. The first kappa shape index (κ1) is 19.6. The molecule has 0 aromatic heterocycles. The van der Waals surface area contributed by atoms with Crippen LogP contribution in [-0.4, -0.2) is 30.6 Å². The van der Waals surface area contributed by atoms with Gasteiger partial charge < -0.3 is 14.8 Å². The molecular weight excluding hydrogens is 326 g/mol. The number of methoxy groups -OCH3 is 1. The number of esters is 2. The van der Waals surface area contributed by atoms with Crippen LogP contribution < -0.4 is 5.32 Å². The summed E-state index contributed by atoms with van der Waals surface area (Å²) < 4.78 is 9.68. The summed E-state index contributed by atoms with van der Waals surface area (Å²) in [5, 5.41) is 2.94. The van der Waals surface area contributed by atoms with Crippen molar-refractivity contribution in [2.45, 2.75) is 20.3 Å². The average Bonchev–Trinajstić information content (AvgIpc) is 2.56. The molecule has 0 aliphatic rings. The normalized spacial score (nSPS) is 11.6. The predicted octanol–water partition coefficient (Wildman–Crippen LogP) is 3.02. The lowest BCUT2D eigenvalue weighted by Crippen LogP contribution is -2.27. The van der Waals surface area contributed by atoms with E-state index in [2.05, 4.69) is 5.32 Å². The molecule has 0 fully saturated rings. The van der Waals surface area contributed by atoms with Crippen LogP contribution in [0, 0.1) is 0 Å². The lowest BCUT2D eigenvalue weighted by molar-refractivity contribution is -0.141. The van der Waals surface area contributed by atoms with E-state index in [1.165, 1.54) is 7.11 Å². The van der Waals surface area contributed by atoms with E-state index < -0.39 is 11.9 Å². The Kier molecular flexibility index (Phi) is 8.43. The average molecular weight is 347 g/mol. The van der Waals surface area contributed by atoms with Gasteiger partial charge in [0, 0.05) is 0 Å². The predicted molar refractivity (Wildman–Crippen MR) is 97.2 cm³/mol. The van der Waals surface area contributed by atoms with Crippen molar-refractivity contribution in [1.29, 1.82) is 0 Å². The highest BCUT2D eigenvalue weighted by molar-refractivity contribution is 7.80. The smallest absolute Gasteiger partial charge is 0.339 e. The maximum atomic E-state index is 12.0. The van der Waals surface area contributed by atoms with Crippen molar-refractivity contribution < 1.29 is 19.1 Å². The third-order valence-electron chi connectivity index (χ3n) is 2.98. The first-order chi connectivity index (χ1) is 11.5. The molecule has 128 valence electrons. The lowest BCUT2D eigenvalue weighted by atomic mass is 10.1. The Bertz CT molecular complexity index is 650. The van der Waals surface area contributed by atoms with Crippen molar-refractivity contribution >= 4 is 35.2 Å². The number of rotatable bonds is 7. The maximum absolute atomic E-state index is 12.0. The zero-order valence-corrected chi connectivity index (χ0v) is 14.8. The molecular formula is C18H21NO4S. The zero-order chi connectivity index (χ0) is 17.9. The van der Waals surface area contributed by atoms with Crippen LogP contribution >= 0.6 is 12.2 Å². The van der Waals surface area contributed by atoms with Crippen LogP contribution in [0.1, 0.15) is 25.8 Å². The first-order valence-electron chi connectivity index (χ1n) is 7.49. The molecule has 1 rings (SSSR count). The van der Waals surface area contributed by atoms with Crippen LogP contribution in [0.25, 0.3) is 6.08 Å². The van der Waals surface area contributed by atoms with Crippen molar-refractivity contribution in [2.75, 3.05) is 13.7 Å². The first-order valence-corrected chi connectivity index (χ1v) is 7.89. The molecule has 1 N–H and O–H groups in total. The largest absolute Gasteiger partial charge is 0.466 e. The number of nitrogens with one attached hydrogen (secondary N) is 1. The maximum Gasteiger partial charge on any atom is 0.339 e. The fourth-order valence-corrected chi connectivity index (χ4v) is 2.16. The molecule has 0 spiro atoms. The van der Waals surface area contributed by atoms with Gasteiger partial charge >= 0.3 is 11.9 Å². The number of hydrogen-bond donors (Lipinski definition) is 1. The lowest BCUT2D eigenvalue weighted by Gasteiger charge is -2.14. The summed E-state index contributed by atoms with van der Waals surface area (Å²) in [5.74, 6) is -0.916. The Morgan fingerprint density at radius 3 is 2.46 bits per heavy atom. The van der Waals surface area contributed by atoms with E-state index in [0.717, 1.165) is 5.56 Å². The van der Waals surface area contributed by atoms with Gasteiger partial charge in [-0.15, -0.1) is 0 Å². The van der Waals surface area contributed by atoms with Crippen LogP contribution in [0.5, 0.6) is 0 Å². The summed E-state index contributed by atoms with van der Waals surface area (Å²) in [6, 6.07) is 9.44. The molecule has 1 aromatic carbocycles. The second-order valence-corrected chi connectivity index (χ2v) is 5.19. The molecule has 0 radical (unpaired) electrons. The van der Waals surface area contributed by atoms with E-state index in [1.807, 2.05) is 30.3 Å². The number of hydrogen-bond acceptors (Lipinski definition) is 5. The highest BCUT2D eigenvalue weighted by atomic mass is 32.1. The zero-order valence-electron chi connectivity index (χ0n) is 14.0. The van der Waals surface area contributed by atoms with E-state index in [4.69, 9.17) is 21.7 Å². The van der Waals surface area contributed by atoms with Gasteiger partial charge in [0.05, 0.1) is 36.4 Å². The quantitative estimate of drug-likeness (QED) is 0.354. The number of carbonyl (C=O) groups is 2. The minimum Gasteiger partial charge on any atom is -0.466 e. The summed E-state index contributed by atoms with van der Waals surface area (Å²) in [4.78, 5) is 23.8. The molecule has 0 saturated heterocycles. The monoisotopic (exact) mass is 347 g/mol. The number of ether oxygens (including phenoxy) is 2. The molecule has 0 amide bonds. The molecule has 0 atom stereocenters. The number of carbonyl (C=O) groups excluding carboxylic acids is 2. The molecule has 0 heterocycles. The van der Waals surface area contributed by atoms with Gasteiger partial charge in [-0.25, -0.2) is 4.79 Å². The van der Waals surface area contributed by atoms with Crippen LogP contribution in [0.2, 0.25) is 0 Å². The van der Waals surface area contributed by atoms with Gasteiger partial charge in [-0.1, -0.05) is 48.6 Å². The van der Waals surface area contributed by atoms with E-state index in [9.17, 15) is 9.59 Å². The topological polar surface area (TPSA) is 64.6 Å². The molecule has 0 unspecified atom stereocenters. The minimum absolute atomic E-state index is 0.0620. The summed E-state index contributed by atoms with van der Waals surface area (Å²) >= 11 is 5.19. The highest BCUT2D eigenvalue weighted by Crippen LogP contribution is 2.15.